The molecule has 1 aliphatic heterocycles. The van der Waals surface area contributed by atoms with Crippen LogP contribution in [0, 0.1) is 0 Å². The molecule has 174 valence electrons. The molecule has 0 unspecified atom stereocenters. The molecular weight excluding hydrogens is 412 g/mol. The summed E-state index contributed by atoms with van der Waals surface area (Å²) in [4.78, 5) is 26.9. The van der Waals surface area contributed by atoms with Gasteiger partial charge >= 0.3 is 0 Å². The molecule has 0 spiro atoms. The lowest BCUT2D eigenvalue weighted by Crippen LogP contribution is -2.38. The molecule has 0 radical (unpaired) electrons. The molecule has 0 bridgehead atoms. The molecule has 1 aliphatic rings. The summed E-state index contributed by atoms with van der Waals surface area (Å²) < 4.78 is 17.3. The van der Waals surface area contributed by atoms with E-state index in [0.29, 0.717) is 37.4 Å². The Kier molecular flexibility index (Phi) is 9.06. The van der Waals surface area contributed by atoms with Crippen LogP contribution in [-0.2, 0) is 16.1 Å². The van der Waals surface area contributed by atoms with Gasteiger partial charge in [0.25, 0.3) is 5.56 Å². The van der Waals surface area contributed by atoms with Gasteiger partial charge in [-0.3, -0.25) is 14.5 Å². The van der Waals surface area contributed by atoms with Crippen molar-refractivity contribution >= 4 is 5.91 Å². The van der Waals surface area contributed by atoms with E-state index in [1.54, 1.807) is 7.11 Å². The molecule has 1 aromatic heterocycles. The Labute approximate surface area is 188 Å². The van der Waals surface area contributed by atoms with Crippen LogP contribution >= 0.6 is 0 Å². The van der Waals surface area contributed by atoms with Crippen molar-refractivity contribution in [3.63, 3.8) is 0 Å². The van der Waals surface area contributed by atoms with Gasteiger partial charge in [0.2, 0.25) is 5.91 Å². The number of amides is 1. The number of hydrogen-bond acceptors (Lipinski definition) is 7. The van der Waals surface area contributed by atoms with Gasteiger partial charge in [0.15, 0.2) is 5.75 Å². The standard InChI is InChI=1S/C23H32N4O5/c1-30-19-8-6-18(7-9-19)23-20(31-2)17-22(29)27(25-23)12-3-5-21(28)24-10-4-11-26-13-15-32-16-14-26/h6-9,17H,3-5,10-16H2,1-2H3,(H,24,28). The maximum absolute atomic E-state index is 12.4. The minimum Gasteiger partial charge on any atom is -0.497 e. The van der Waals surface area contributed by atoms with E-state index >= 15 is 0 Å². The Bertz CT molecular complexity index is 923. The van der Waals surface area contributed by atoms with Crippen LogP contribution in [0.5, 0.6) is 11.5 Å². The van der Waals surface area contributed by atoms with Gasteiger partial charge in [0.1, 0.15) is 11.4 Å². The topological polar surface area (TPSA) is 94.9 Å². The van der Waals surface area contributed by atoms with Crippen LogP contribution in [0.2, 0.25) is 0 Å². The van der Waals surface area contributed by atoms with Crippen LogP contribution in [0.25, 0.3) is 11.3 Å². The highest BCUT2D eigenvalue weighted by atomic mass is 16.5. The predicted octanol–water partition coefficient (Wildman–Crippen LogP) is 1.55. The number of benzene rings is 1. The number of morpholine rings is 1. The minimum absolute atomic E-state index is 0.0103. The van der Waals surface area contributed by atoms with E-state index in [0.717, 1.165) is 50.6 Å². The monoisotopic (exact) mass is 444 g/mol. The van der Waals surface area contributed by atoms with Gasteiger partial charge in [-0.1, -0.05) is 0 Å². The number of nitrogens with one attached hydrogen (secondary N) is 1. The zero-order valence-corrected chi connectivity index (χ0v) is 18.8. The highest BCUT2D eigenvalue weighted by Gasteiger charge is 2.13. The first-order valence-corrected chi connectivity index (χ1v) is 11.0. The summed E-state index contributed by atoms with van der Waals surface area (Å²) in [6, 6.07) is 8.81. The van der Waals surface area contributed by atoms with E-state index in [4.69, 9.17) is 14.2 Å². The highest BCUT2D eigenvalue weighted by molar-refractivity contribution is 5.75. The minimum atomic E-state index is -0.259. The van der Waals surface area contributed by atoms with Crippen molar-refractivity contribution in [2.75, 3.05) is 53.6 Å². The second-order valence-corrected chi connectivity index (χ2v) is 7.61. The summed E-state index contributed by atoms with van der Waals surface area (Å²) in [5.41, 5.74) is 1.13. The molecule has 1 amide bonds. The average Bonchev–Trinajstić information content (AvgIpc) is 2.83. The molecule has 3 rings (SSSR count). The zero-order valence-electron chi connectivity index (χ0n) is 18.8. The van der Waals surface area contributed by atoms with Crippen molar-refractivity contribution < 1.29 is 19.0 Å². The Balaban J connectivity index is 1.49. The van der Waals surface area contributed by atoms with Crippen molar-refractivity contribution in [3.8, 4) is 22.8 Å². The van der Waals surface area contributed by atoms with Crippen LogP contribution in [0.1, 0.15) is 19.3 Å². The van der Waals surface area contributed by atoms with E-state index in [1.807, 2.05) is 24.3 Å². The van der Waals surface area contributed by atoms with E-state index in [-0.39, 0.29) is 11.5 Å². The summed E-state index contributed by atoms with van der Waals surface area (Å²) in [5, 5.41) is 7.44. The predicted molar refractivity (Wildman–Crippen MR) is 121 cm³/mol. The van der Waals surface area contributed by atoms with Crippen molar-refractivity contribution in [2.24, 2.45) is 0 Å². The second-order valence-electron chi connectivity index (χ2n) is 7.61. The smallest absolute Gasteiger partial charge is 0.270 e. The van der Waals surface area contributed by atoms with Crippen LogP contribution in [0.15, 0.2) is 35.1 Å². The van der Waals surface area contributed by atoms with E-state index in [2.05, 4.69) is 15.3 Å². The number of rotatable bonds is 11. The third-order valence-corrected chi connectivity index (χ3v) is 5.40. The number of carbonyl (C=O) groups is 1. The quantitative estimate of drug-likeness (QED) is 0.526. The van der Waals surface area contributed by atoms with Crippen LogP contribution in [-0.4, -0.2) is 74.2 Å². The lowest BCUT2D eigenvalue weighted by Gasteiger charge is -2.26. The van der Waals surface area contributed by atoms with Crippen LogP contribution in [0.4, 0.5) is 0 Å². The third-order valence-electron chi connectivity index (χ3n) is 5.40. The summed E-state index contributed by atoms with van der Waals surface area (Å²) in [6.07, 6.45) is 1.78. The molecule has 9 heteroatoms. The number of hydrogen-bond donors (Lipinski definition) is 1. The maximum Gasteiger partial charge on any atom is 0.270 e. The van der Waals surface area contributed by atoms with E-state index in [1.165, 1.54) is 17.9 Å². The number of nitrogens with zero attached hydrogens (tertiary/aromatic N) is 3. The Morgan fingerprint density at radius 3 is 2.53 bits per heavy atom. The molecule has 0 saturated carbocycles. The number of aryl methyl sites for hydroxylation is 1. The first kappa shape index (κ1) is 23.7. The maximum atomic E-state index is 12.4. The van der Waals surface area contributed by atoms with E-state index < -0.39 is 0 Å². The number of ether oxygens (including phenoxy) is 3. The Morgan fingerprint density at radius 1 is 1.09 bits per heavy atom. The van der Waals surface area contributed by atoms with Gasteiger partial charge < -0.3 is 19.5 Å². The molecule has 1 aromatic carbocycles. The fourth-order valence-electron chi connectivity index (χ4n) is 3.57. The van der Waals surface area contributed by atoms with Gasteiger partial charge in [-0.25, -0.2) is 4.68 Å². The largest absolute Gasteiger partial charge is 0.497 e. The first-order valence-electron chi connectivity index (χ1n) is 11.0. The van der Waals surface area contributed by atoms with Crippen molar-refractivity contribution in [1.29, 1.82) is 0 Å². The summed E-state index contributed by atoms with van der Waals surface area (Å²) in [5.74, 6) is 1.13. The third kappa shape index (κ3) is 6.80. The Morgan fingerprint density at radius 2 is 1.84 bits per heavy atom. The molecule has 0 atom stereocenters. The fraction of sp³-hybridized carbons (Fsp3) is 0.522. The molecule has 1 N–H and O–H groups in total. The molecule has 2 aromatic rings. The Hall–Kier alpha value is -2.91. The lowest BCUT2D eigenvalue weighted by atomic mass is 10.1. The number of methoxy groups -OCH3 is 2. The van der Waals surface area contributed by atoms with E-state index in [9.17, 15) is 9.59 Å². The molecule has 1 fully saturated rings. The van der Waals surface area contributed by atoms with Gasteiger partial charge in [0, 0.05) is 44.2 Å². The van der Waals surface area contributed by atoms with Gasteiger partial charge in [-0.2, -0.15) is 5.10 Å². The summed E-state index contributed by atoms with van der Waals surface area (Å²) in [7, 11) is 3.12. The number of aromatic nitrogens is 2. The second kappa shape index (κ2) is 12.2. The van der Waals surface area contributed by atoms with Crippen LogP contribution in [0.3, 0.4) is 0 Å². The lowest BCUT2D eigenvalue weighted by molar-refractivity contribution is -0.121. The fourth-order valence-corrected chi connectivity index (χ4v) is 3.57. The molecule has 0 aliphatic carbocycles. The van der Waals surface area contributed by atoms with Crippen molar-refractivity contribution in [1.82, 2.24) is 20.0 Å². The average molecular weight is 445 g/mol. The highest BCUT2D eigenvalue weighted by Crippen LogP contribution is 2.27. The normalized spacial score (nSPS) is 14.2. The van der Waals surface area contributed by atoms with Gasteiger partial charge in [0.05, 0.1) is 27.4 Å². The number of carbonyl (C=O) groups excluding carboxylic acids is 1. The van der Waals surface area contributed by atoms with Gasteiger partial charge in [-0.15, -0.1) is 0 Å². The first-order chi connectivity index (χ1) is 15.6. The summed E-state index contributed by atoms with van der Waals surface area (Å²) in [6.45, 7) is 5.44. The molecule has 9 nitrogen and oxygen atoms in total. The summed E-state index contributed by atoms with van der Waals surface area (Å²) >= 11 is 0. The molecule has 32 heavy (non-hydrogen) atoms. The molecule has 1 saturated heterocycles. The van der Waals surface area contributed by atoms with Crippen LogP contribution < -0.4 is 20.3 Å². The van der Waals surface area contributed by atoms with Gasteiger partial charge in [-0.05, 0) is 43.7 Å². The molecular formula is C23H32N4O5. The van der Waals surface area contributed by atoms with Crippen molar-refractivity contribution in [2.45, 2.75) is 25.8 Å². The SMILES string of the molecule is COc1ccc(-c2nn(CCCC(=O)NCCCN3CCOCC3)c(=O)cc2OC)cc1. The molecule has 2 heterocycles. The van der Waals surface area contributed by atoms with Crippen molar-refractivity contribution in [3.05, 3.63) is 40.7 Å². The zero-order chi connectivity index (χ0) is 22.8.